The number of esters is 1. The summed E-state index contributed by atoms with van der Waals surface area (Å²) in [6, 6.07) is 12.3. The van der Waals surface area contributed by atoms with Crippen LogP contribution in [0, 0.1) is 0 Å². The summed E-state index contributed by atoms with van der Waals surface area (Å²) in [5, 5.41) is 0. The number of Topliss-reactive ketones (excluding diaryl/α,β-unsaturated/α-hetero) is 1. The quantitative estimate of drug-likeness (QED) is 0.638. The summed E-state index contributed by atoms with van der Waals surface area (Å²) in [6.07, 6.45) is 0. The summed E-state index contributed by atoms with van der Waals surface area (Å²) < 4.78 is 9.81. The van der Waals surface area contributed by atoms with E-state index in [4.69, 9.17) is 4.74 Å². The Bertz CT molecular complexity index is 672. The molecule has 0 heterocycles. The second kappa shape index (κ2) is 6.22. The molecule has 0 aliphatic rings. The third-order valence-electron chi connectivity index (χ3n) is 3.22. The van der Waals surface area contributed by atoms with Crippen molar-refractivity contribution >= 4 is 11.8 Å². The molecule has 2 aromatic rings. The molecule has 0 saturated carbocycles. The van der Waals surface area contributed by atoms with Crippen molar-refractivity contribution < 1.29 is 19.1 Å². The van der Waals surface area contributed by atoms with E-state index in [1.165, 1.54) is 14.0 Å². The predicted molar refractivity (Wildman–Crippen MR) is 79.8 cm³/mol. The van der Waals surface area contributed by atoms with E-state index in [2.05, 4.69) is 4.74 Å². The molecule has 0 radical (unpaired) electrons. The van der Waals surface area contributed by atoms with Crippen molar-refractivity contribution in [2.24, 2.45) is 0 Å². The van der Waals surface area contributed by atoms with E-state index in [-0.39, 0.29) is 11.8 Å². The lowest BCUT2D eigenvalue weighted by atomic mass is 9.96. The second-order valence-corrected chi connectivity index (χ2v) is 4.54. The van der Waals surface area contributed by atoms with Crippen molar-refractivity contribution in [3.8, 4) is 16.9 Å². The lowest BCUT2D eigenvalue weighted by Crippen LogP contribution is -2.01. The van der Waals surface area contributed by atoms with Crippen LogP contribution in [0.3, 0.4) is 0 Å². The van der Waals surface area contributed by atoms with Gasteiger partial charge < -0.3 is 9.47 Å². The Morgan fingerprint density at radius 3 is 2.14 bits per heavy atom. The molecular weight excluding hydrogens is 268 g/mol. The van der Waals surface area contributed by atoms with Gasteiger partial charge in [-0.2, -0.15) is 0 Å². The van der Waals surface area contributed by atoms with Crippen molar-refractivity contribution in [1.82, 2.24) is 0 Å². The first-order valence-electron chi connectivity index (χ1n) is 6.44. The van der Waals surface area contributed by atoms with Crippen molar-refractivity contribution in [1.29, 1.82) is 0 Å². The van der Waals surface area contributed by atoms with Gasteiger partial charge in [0.1, 0.15) is 5.75 Å². The third-order valence-corrected chi connectivity index (χ3v) is 3.22. The fourth-order valence-corrected chi connectivity index (χ4v) is 2.10. The zero-order valence-electron chi connectivity index (χ0n) is 12.2. The van der Waals surface area contributed by atoms with Gasteiger partial charge in [-0.05, 0) is 48.4 Å². The van der Waals surface area contributed by atoms with Crippen LogP contribution >= 0.6 is 0 Å². The van der Waals surface area contributed by atoms with Crippen molar-refractivity contribution in [2.45, 2.75) is 6.92 Å². The molecule has 108 valence electrons. The normalized spacial score (nSPS) is 10.0. The molecule has 0 aliphatic heterocycles. The molecule has 0 fully saturated rings. The number of rotatable bonds is 4. The molecule has 21 heavy (non-hydrogen) atoms. The molecule has 0 N–H and O–H groups in total. The average molecular weight is 284 g/mol. The SMILES string of the molecule is COC(=O)c1ccc(-c2ccc(OC)cc2C(C)=O)cc1. The number of methoxy groups -OCH3 is 2. The van der Waals surface area contributed by atoms with Gasteiger partial charge in [-0.1, -0.05) is 12.1 Å². The molecule has 0 aliphatic carbocycles. The minimum Gasteiger partial charge on any atom is -0.497 e. The van der Waals surface area contributed by atoms with E-state index in [0.717, 1.165) is 11.1 Å². The Balaban J connectivity index is 2.46. The first kappa shape index (κ1) is 14.8. The molecule has 0 bridgehead atoms. The van der Waals surface area contributed by atoms with E-state index in [1.807, 2.05) is 6.07 Å². The van der Waals surface area contributed by atoms with E-state index >= 15 is 0 Å². The lowest BCUT2D eigenvalue weighted by molar-refractivity contribution is 0.0600. The zero-order valence-corrected chi connectivity index (χ0v) is 12.2. The van der Waals surface area contributed by atoms with Crippen molar-refractivity contribution in [3.63, 3.8) is 0 Å². The van der Waals surface area contributed by atoms with Gasteiger partial charge in [0, 0.05) is 5.56 Å². The Labute approximate surface area is 123 Å². The molecule has 0 atom stereocenters. The fraction of sp³-hybridized carbons (Fsp3) is 0.176. The number of carbonyl (C=O) groups excluding carboxylic acids is 2. The summed E-state index contributed by atoms with van der Waals surface area (Å²) in [5.74, 6) is 0.208. The maximum absolute atomic E-state index is 11.8. The molecule has 4 nitrogen and oxygen atoms in total. The standard InChI is InChI=1S/C17H16O4/c1-11(18)16-10-14(20-2)8-9-15(16)12-4-6-13(7-5-12)17(19)21-3/h4-10H,1-3H3. The van der Waals surface area contributed by atoms with Gasteiger partial charge in [-0.3, -0.25) is 4.79 Å². The lowest BCUT2D eigenvalue weighted by Gasteiger charge is -2.10. The van der Waals surface area contributed by atoms with Gasteiger partial charge in [0.15, 0.2) is 5.78 Å². The molecule has 0 saturated heterocycles. The maximum atomic E-state index is 11.8. The van der Waals surface area contributed by atoms with Crippen molar-refractivity contribution in [3.05, 3.63) is 53.6 Å². The summed E-state index contributed by atoms with van der Waals surface area (Å²) in [5.41, 5.74) is 2.72. The minimum atomic E-state index is -0.386. The number of hydrogen-bond donors (Lipinski definition) is 0. The third kappa shape index (κ3) is 3.11. The summed E-state index contributed by atoms with van der Waals surface area (Å²) in [6.45, 7) is 1.51. The largest absolute Gasteiger partial charge is 0.497 e. The zero-order chi connectivity index (χ0) is 15.4. The highest BCUT2D eigenvalue weighted by atomic mass is 16.5. The average Bonchev–Trinajstić information content (AvgIpc) is 2.53. The maximum Gasteiger partial charge on any atom is 0.337 e. The van der Waals surface area contributed by atoms with Crippen LogP contribution < -0.4 is 4.74 Å². The van der Waals surface area contributed by atoms with Crippen LogP contribution in [-0.2, 0) is 4.74 Å². The van der Waals surface area contributed by atoms with E-state index in [0.29, 0.717) is 16.9 Å². The Morgan fingerprint density at radius 1 is 0.952 bits per heavy atom. The van der Waals surface area contributed by atoms with Crippen LogP contribution in [0.25, 0.3) is 11.1 Å². The van der Waals surface area contributed by atoms with Gasteiger partial charge in [-0.15, -0.1) is 0 Å². The van der Waals surface area contributed by atoms with Crippen LogP contribution in [0.15, 0.2) is 42.5 Å². The number of ketones is 1. The number of benzene rings is 2. The fourth-order valence-electron chi connectivity index (χ4n) is 2.10. The molecule has 4 heteroatoms. The number of hydrogen-bond acceptors (Lipinski definition) is 4. The van der Waals surface area contributed by atoms with E-state index in [9.17, 15) is 9.59 Å². The van der Waals surface area contributed by atoms with Crippen LogP contribution in [0.4, 0.5) is 0 Å². The highest BCUT2D eigenvalue weighted by molar-refractivity contribution is 6.01. The number of carbonyl (C=O) groups is 2. The molecule has 0 aromatic heterocycles. The first-order chi connectivity index (χ1) is 10.1. The first-order valence-corrected chi connectivity index (χ1v) is 6.44. The van der Waals surface area contributed by atoms with Crippen LogP contribution in [-0.4, -0.2) is 26.0 Å². The second-order valence-electron chi connectivity index (χ2n) is 4.54. The van der Waals surface area contributed by atoms with Crippen LogP contribution in [0.1, 0.15) is 27.6 Å². The van der Waals surface area contributed by atoms with Gasteiger partial charge in [0.05, 0.1) is 19.8 Å². The van der Waals surface area contributed by atoms with E-state index < -0.39 is 0 Å². The Kier molecular flexibility index (Phi) is 4.38. The predicted octanol–water partition coefficient (Wildman–Crippen LogP) is 3.35. The van der Waals surface area contributed by atoms with Gasteiger partial charge >= 0.3 is 5.97 Å². The molecule has 0 amide bonds. The van der Waals surface area contributed by atoms with E-state index in [1.54, 1.807) is 43.5 Å². The molecule has 2 rings (SSSR count). The van der Waals surface area contributed by atoms with Gasteiger partial charge in [-0.25, -0.2) is 4.79 Å². The molecule has 2 aromatic carbocycles. The summed E-state index contributed by atoms with van der Waals surface area (Å²) in [7, 11) is 2.90. The number of ether oxygens (including phenoxy) is 2. The van der Waals surface area contributed by atoms with Gasteiger partial charge in [0.2, 0.25) is 0 Å². The topological polar surface area (TPSA) is 52.6 Å². The monoisotopic (exact) mass is 284 g/mol. The Hall–Kier alpha value is -2.62. The van der Waals surface area contributed by atoms with Gasteiger partial charge in [0.25, 0.3) is 0 Å². The Morgan fingerprint density at radius 2 is 1.62 bits per heavy atom. The van der Waals surface area contributed by atoms with Crippen LogP contribution in [0.2, 0.25) is 0 Å². The molecular formula is C17H16O4. The summed E-state index contributed by atoms with van der Waals surface area (Å²) >= 11 is 0. The smallest absolute Gasteiger partial charge is 0.337 e. The summed E-state index contributed by atoms with van der Waals surface area (Å²) in [4.78, 5) is 23.2. The van der Waals surface area contributed by atoms with Crippen LogP contribution in [0.5, 0.6) is 5.75 Å². The van der Waals surface area contributed by atoms with Crippen molar-refractivity contribution in [2.75, 3.05) is 14.2 Å². The minimum absolute atomic E-state index is 0.0408. The highest BCUT2D eigenvalue weighted by Gasteiger charge is 2.12. The highest BCUT2D eigenvalue weighted by Crippen LogP contribution is 2.28. The molecule has 0 unspecified atom stereocenters. The molecule has 0 spiro atoms.